The molecule has 2 heterocycles. The molecule has 1 aliphatic rings. The standard InChI is InChI=1S/C14H17N5O2S/c20-22(21,12-4-2-1-3-5-12)18-13-14(17-7-6-16-13)19-10-8-15-9-11-19/h1-7,15H,8-11H2,(H,16,18). The van der Waals surface area contributed by atoms with Gasteiger partial charge in [0.2, 0.25) is 0 Å². The van der Waals surface area contributed by atoms with Gasteiger partial charge in [-0.3, -0.25) is 4.72 Å². The summed E-state index contributed by atoms with van der Waals surface area (Å²) in [4.78, 5) is 10.7. The zero-order chi connectivity index (χ0) is 15.4. The van der Waals surface area contributed by atoms with Gasteiger partial charge in [-0.05, 0) is 12.1 Å². The maximum atomic E-state index is 12.4. The van der Waals surface area contributed by atoms with Gasteiger partial charge in [0.05, 0.1) is 4.90 Å². The normalized spacial score (nSPS) is 15.5. The lowest BCUT2D eigenvalue weighted by Crippen LogP contribution is -2.44. The summed E-state index contributed by atoms with van der Waals surface area (Å²) in [5.74, 6) is 0.816. The first-order valence-electron chi connectivity index (χ1n) is 7.01. The quantitative estimate of drug-likeness (QED) is 0.862. The van der Waals surface area contributed by atoms with E-state index in [9.17, 15) is 8.42 Å². The average molecular weight is 319 g/mol. The number of hydrogen-bond acceptors (Lipinski definition) is 6. The van der Waals surface area contributed by atoms with Crippen LogP contribution in [0, 0.1) is 0 Å². The van der Waals surface area contributed by atoms with Crippen LogP contribution >= 0.6 is 0 Å². The lowest BCUT2D eigenvalue weighted by atomic mass is 10.3. The molecule has 0 spiro atoms. The SMILES string of the molecule is O=S(=O)(Nc1nccnc1N1CCNCC1)c1ccccc1. The molecule has 0 atom stereocenters. The van der Waals surface area contributed by atoms with E-state index >= 15 is 0 Å². The van der Waals surface area contributed by atoms with Crippen molar-refractivity contribution in [2.24, 2.45) is 0 Å². The molecular formula is C14H17N5O2S. The van der Waals surface area contributed by atoms with E-state index in [0.717, 1.165) is 26.2 Å². The van der Waals surface area contributed by atoms with Gasteiger partial charge in [0.15, 0.2) is 11.6 Å². The molecule has 116 valence electrons. The lowest BCUT2D eigenvalue weighted by molar-refractivity contribution is 0.584. The molecule has 7 nitrogen and oxygen atoms in total. The van der Waals surface area contributed by atoms with Crippen molar-refractivity contribution in [2.45, 2.75) is 4.90 Å². The second kappa shape index (κ2) is 6.29. The molecule has 3 rings (SSSR count). The van der Waals surface area contributed by atoms with Crippen LogP contribution in [0.2, 0.25) is 0 Å². The number of nitrogens with zero attached hydrogens (tertiary/aromatic N) is 3. The summed E-state index contributed by atoms with van der Waals surface area (Å²) < 4.78 is 27.4. The number of rotatable bonds is 4. The van der Waals surface area contributed by atoms with Crippen LogP contribution in [0.3, 0.4) is 0 Å². The topological polar surface area (TPSA) is 87.2 Å². The molecule has 22 heavy (non-hydrogen) atoms. The molecule has 0 unspecified atom stereocenters. The highest BCUT2D eigenvalue weighted by Gasteiger charge is 2.21. The van der Waals surface area contributed by atoms with E-state index in [1.54, 1.807) is 36.5 Å². The van der Waals surface area contributed by atoms with Gasteiger partial charge in [-0.15, -0.1) is 0 Å². The van der Waals surface area contributed by atoms with Crippen LogP contribution in [-0.2, 0) is 10.0 Å². The number of anilines is 2. The number of hydrogen-bond donors (Lipinski definition) is 2. The Morgan fingerprint density at radius 1 is 1.05 bits per heavy atom. The minimum absolute atomic E-state index is 0.201. The molecule has 1 aliphatic heterocycles. The minimum atomic E-state index is -3.67. The Morgan fingerprint density at radius 3 is 2.45 bits per heavy atom. The number of aromatic nitrogens is 2. The molecule has 2 N–H and O–H groups in total. The van der Waals surface area contributed by atoms with Crippen molar-refractivity contribution in [1.29, 1.82) is 0 Å². The van der Waals surface area contributed by atoms with Crippen molar-refractivity contribution in [3.05, 3.63) is 42.7 Å². The summed E-state index contributed by atoms with van der Waals surface area (Å²) in [6.45, 7) is 3.19. The van der Waals surface area contributed by atoms with E-state index in [-0.39, 0.29) is 10.7 Å². The van der Waals surface area contributed by atoms with Crippen molar-refractivity contribution in [3.63, 3.8) is 0 Å². The Hall–Kier alpha value is -2.19. The van der Waals surface area contributed by atoms with Crippen molar-refractivity contribution >= 4 is 21.7 Å². The Labute approximate surface area is 129 Å². The van der Waals surface area contributed by atoms with Crippen LogP contribution in [0.1, 0.15) is 0 Å². The Bertz CT molecular complexity index is 730. The highest BCUT2D eigenvalue weighted by atomic mass is 32.2. The zero-order valence-corrected chi connectivity index (χ0v) is 12.8. The minimum Gasteiger partial charge on any atom is -0.351 e. The molecule has 0 bridgehead atoms. The van der Waals surface area contributed by atoms with Crippen LogP contribution in [0.4, 0.5) is 11.6 Å². The number of sulfonamides is 1. The van der Waals surface area contributed by atoms with E-state index in [1.807, 2.05) is 4.90 Å². The fourth-order valence-electron chi connectivity index (χ4n) is 2.30. The maximum absolute atomic E-state index is 12.4. The van der Waals surface area contributed by atoms with E-state index in [0.29, 0.717) is 5.82 Å². The predicted octanol–water partition coefficient (Wildman–Crippen LogP) is 0.687. The smallest absolute Gasteiger partial charge is 0.263 e. The van der Waals surface area contributed by atoms with Gasteiger partial charge in [0.25, 0.3) is 10.0 Å². The number of nitrogens with one attached hydrogen (secondary N) is 2. The molecule has 1 fully saturated rings. The molecule has 8 heteroatoms. The fourth-order valence-corrected chi connectivity index (χ4v) is 3.33. The van der Waals surface area contributed by atoms with E-state index < -0.39 is 10.0 Å². The van der Waals surface area contributed by atoms with Crippen molar-refractivity contribution in [1.82, 2.24) is 15.3 Å². The third-order valence-electron chi connectivity index (χ3n) is 3.38. The third kappa shape index (κ3) is 3.18. The van der Waals surface area contributed by atoms with Crippen LogP contribution in [0.5, 0.6) is 0 Å². The molecular weight excluding hydrogens is 302 g/mol. The third-order valence-corrected chi connectivity index (χ3v) is 4.73. The van der Waals surface area contributed by atoms with E-state index in [1.165, 1.54) is 6.20 Å². The number of benzene rings is 1. The second-order valence-electron chi connectivity index (χ2n) is 4.88. The zero-order valence-electron chi connectivity index (χ0n) is 11.9. The van der Waals surface area contributed by atoms with Gasteiger partial charge >= 0.3 is 0 Å². The average Bonchev–Trinajstić information content (AvgIpc) is 2.57. The van der Waals surface area contributed by atoms with Crippen molar-refractivity contribution in [2.75, 3.05) is 35.8 Å². The molecule has 0 radical (unpaired) electrons. The molecule has 2 aromatic rings. The summed E-state index contributed by atoms with van der Waals surface area (Å²) in [5.41, 5.74) is 0. The maximum Gasteiger partial charge on any atom is 0.263 e. The van der Waals surface area contributed by atoms with Gasteiger partial charge < -0.3 is 10.2 Å². The molecule has 0 amide bonds. The first kappa shape index (κ1) is 14.7. The van der Waals surface area contributed by atoms with Crippen molar-refractivity contribution in [3.8, 4) is 0 Å². The van der Waals surface area contributed by atoms with Crippen LogP contribution in [0.15, 0.2) is 47.6 Å². The van der Waals surface area contributed by atoms with Gasteiger partial charge in [0, 0.05) is 38.6 Å². The van der Waals surface area contributed by atoms with Gasteiger partial charge in [-0.25, -0.2) is 18.4 Å². The fraction of sp³-hybridized carbons (Fsp3) is 0.286. The monoisotopic (exact) mass is 319 g/mol. The van der Waals surface area contributed by atoms with Gasteiger partial charge in [0.1, 0.15) is 0 Å². The molecule has 0 saturated carbocycles. The molecule has 0 aliphatic carbocycles. The number of piperazine rings is 1. The van der Waals surface area contributed by atoms with Gasteiger partial charge in [-0.1, -0.05) is 18.2 Å². The molecule has 1 saturated heterocycles. The Balaban J connectivity index is 1.89. The summed E-state index contributed by atoms with van der Waals surface area (Å²) in [7, 11) is -3.67. The largest absolute Gasteiger partial charge is 0.351 e. The Morgan fingerprint density at radius 2 is 1.73 bits per heavy atom. The van der Waals surface area contributed by atoms with Crippen molar-refractivity contribution < 1.29 is 8.42 Å². The van der Waals surface area contributed by atoms with E-state index in [2.05, 4.69) is 20.0 Å². The van der Waals surface area contributed by atoms with Crippen LogP contribution in [-0.4, -0.2) is 44.6 Å². The van der Waals surface area contributed by atoms with E-state index in [4.69, 9.17) is 0 Å². The second-order valence-corrected chi connectivity index (χ2v) is 6.57. The van der Waals surface area contributed by atoms with Gasteiger partial charge in [-0.2, -0.15) is 0 Å². The highest BCUT2D eigenvalue weighted by molar-refractivity contribution is 7.92. The first-order valence-corrected chi connectivity index (χ1v) is 8.50. The first-order chi connectivity index (χ1) is 10.7. The molecule has 1 aromatic carbocycles. The predicted molar refractivity (Wildman–Crippen MR) is 84.4 cm³/mol. The van der Waals surface area contributed by atoms with Crippen LogP contribution < -0.4 is 14.9 Å². The van der Waals surface area contributed by atoms with Crippen LogP contribution in [0.25, 0.3) is 0 Å². The summed E-state index contributed by atoms with van der Waals surface area (Å²) in [5, 5.41) is 3.25. The Kier molecular flexibility index (Phi) is 4.21. The summed E-state index contributed by atoms with van der Waals surface area (Å²) >= 11 is 0. The summed E-state index contributed by atoms with van der Waals surface area (Å²) in [6.07, 6.45) is 3.05. The highest BCUT2D eigenvalue weighted by Crippen LogP contribution is 2.23. The lowest BCUT2D eigenvalue weighted by Gasteiger charge is -2.29. The molecule has 1 aromatic heterocycles. The summed E-state index contributed by atoms with van der Waals surface area (Å²) in [6, 6.07) is 8.23.